The maximum atomic E-state index is 10.5. The normalized spacial score (nSPS) is 20.1. The SMILES string of the molecule is CC1CN(c2nnc(SCC(=O)O)n2C)CCO1. The summed E-state index contributed by atoms with van der Waals surface area (Å²) in [5.41, 5.74) is 0. The molecular weight excluding hydrogens is 256 g/mol. The molecule has 7 nitrogen and oxygen atoms in total. The Hall–Kier alpha value is -1.28. The lowest BCUT2D eigenvalue weighted by atomic mass is 10.3. The van der Waals surface area contributed by atoms with Gasteiger partial charge in [-0.25, -0.2) is 0 Å². The molecule has 2 heterocycles. The summed E-state index contributed by atoms with van der Waals surface area (Å²) in [5, 5.41) is 17.4. The number of carboxylic acids is 1. The van der Waals surface area contributed by atoms with Gasteiger partial charge in [0.25, 0.3) is 0 Å². The van der Waals surface area contributed by atoms with Crippen molar-refractivity contribution in [2.45, 2.75) is 18.2 Å². The third kappa shape index (κ3) is 2.94. The first-order valence-electron chi connectivity index (χ1n) is 5.68. The Morgan fingerprint density at radius 1 is 1.61 bits per heavy atom. The highest BCUT2D eigenvalue weighted by molar-refractivity contribution is 7.99. The molecule has 0 aromatic carbocycles. The molecule has 100 valence electrons. The molecule has 0 aliphatic carbocycles. The number of morpholine rings is 1. The van der Waals surface area contributed by atoms with E-state index in [1.165, 1.54) is 11.8 Å². The molecule has 1 atom stereocenters. The number of carbonyl (C=O) groups is 1. The van der Waals surface area contributed by atoms with Gasteiger partial charge in [0.2, 0.25) is 5.95 Å². The summed E-state index contributed by atoms with van der Waals surface area (Å²) in [6, 6.07) is 0. The first kappa shape index (κ1) is 13.2. The fourth-order valence-electron chi connectivity index (χ4n) is 1.83. The lowest BCUT2D eigenvalue weighted by molar-refractivity contribution is -0.133. The minimum Gasteiger partial charge on any atom is -0.481 e. The number of nitrogens with zero attached hydrogens (tertiary/aromatic N) is 4. The second-order valence-corrected chi connectivity index (χ2v) is 5.09. The standard InChI is InChI=1S/C10H16N4O3S/c1-7-5-14(3-4-17-7)9-11-12-10(13(9)2)18-6-8(15)16/h7H,3-6H2,1-2H3,(H,15,16). The van der Waals surface area contributed by atoms with Crippen molar-refractivity contribution in [3.8, 4) is 0 Å². The van der Waals surface area contributed by atoms with Gasteiger partial charge in [0.05, 0.1) is 18.5 Å². The number of anilines is 1. The van der Waals surface area contributed by atoms with Crippen LogP contribution in [0.15, 0.2) is 5.16 Å². The van der Waals surface area contributed by atoms with Crippen LogP contribution in [0.5, 0.6) is 0 Å². The maximum absolute atomic E-state index is 10.5. The minimum absolute atomic E-state index is 0.00845. The first-order chi connectivity index (χ1) is 8.58. The zero-order valence-electron chi connectivity index (χ0n) is 10.4. The molecule has 1 aromatic rings. The summed E-state index contributed by atoms with van der Waals surface area (Å²) in [6.45, 7) is 4.24. The summed E-state index contributed by atoms with van der Waals surface area (Å²) in [5.74, 6) is -0.103. The first-order valence-corrected chi connectivity index (χ1v) is 6.67. The van der Waals surface area contributed by atoms with Crippen LogP contribution in [-0.2, 0) is 16.6 Å². The van der Waals surface area contributed by atoms with Crippen LogP contribution in [0.25, 0.3) is 0 Å². The Kier molecular flexibility index (Phi) is 4.07. The molecular formula is C10H16N4O3S. The Balaban J connectivity index is 2.07. The predicted molar refractivity (Wildman–Crippen MR) is 67.0 cm³/mol. The lowest BCUT2D eigenvalue weighted by Crippen LogP contribution is -2.42. The fraction of sp³-hybridized carbons (Fsp3) is 0.700. The van der Waals surface area contributed by atoms with Crippen LogP contribution < -0.4 is 4.90 Å². The second-order valence-electron chi connectivity index (χ2n) is 4.15. The third-order valence-corrected chi connectivity index (χ3v) is 3.67. The number of rotatable bonds is 4. The van der Waals surface area contributed by atoms with Crippen LogP contribution in [0.3, 0.4) is 0 Å². The van der Waals surface area contributed by atoms with Crippen molar-refractivity contribution < 1.29 is 14.6 Å². The van der Waals surface area contributed by atoms with E-state index in [-0.39, 0.29) is 11.9 Å². The number of aromatic nitrogens is 3. The Bertz CT molecular complexity index is 437. The zero-order valence-corrected chi connectivity index (χ0v) is 11.2. The lowest BCUT2D eigenvalue weighted by Gasteiger charge is -2.31. The van der Waals surface area contributed by atoms with Gasteiger partial charge in [-0.05, 0) is 6.92 Å². The van der Waals surface area contributed by atoms with Crippen molar-refractivity contribution in [3.63, 3.8) is 0 Å². The summed E-state index contributed by atoms with van der Waals surface area (Å²) in [7, 11) is 1.85. The van der Waals surface area contributed by atoms with E-state index in [2.05, 4.69) is 15.1 Å². The molecule has 8 heteroatoms. The van der Waals surface area contributed by atoms with Gasteiger partial charge in [0.1, 0.15) is 0 Å². The van der Waals surface area contributed by atoms with Gasteiger partial charge < -0.3 is 14.7 Å². The van der Waals surface area contributed by atoms with Crippen LogP contribution in [0.1, 0.15) is 6.92 Å². The van der Waals surface area contributed by atoms with E-state index in [0.29, 0.717) is 11.8 Å². The molecule has 18 heavy (non-hydrogen) atoms. The Morgan fingerprint density at radius 3 is 3.06 bits per heavy atom. The smallest absolute Gasteiger partial charge is 0.313 e. The van der Waals surface area contributed by atoms with Gasteiger partial charge in [-0.2, -0.15) is 0 Å². The maximum Gasteiger partial charge on any atom is 0.313 e. The van der Waals surface area contributed by atoms with Gasteiger partial charge in [-0.15, -0.1) is 10.2 Å². The molecule has 0 saturated carbocycles. The molecule has 1 saturated heterocycles. The molecule has 1 aromatic heterocycles. The molecule has 0 amide bonds. The summed E-state index contributed by atoms with van der Waals surface area (Å²) >= 11 is 1.17. The Morgan fingerprint density at radius 2 is 2.39 bits per heavy atom. The van der Waals surface area contributed by atoms with Gasteiger partial charge in [-0.3, -0.25) is 9.36 Å². The third-order valence-electron chi connectivity index (χ3n) is 2.66. The van der Waals surface area contributed by atoms with Crippen molar-refractivity contribution in [2.75, 3.05) is 30.3 Å². The highest BCUT2D eigenvalue weighted by Crippen LogP contribution is 2.21. The van der Waals surface area contributed by atoms with Crippen molar-refractivity contribution >= 4 is 23.7 Å². The molecule has 1 N–H and O–H groups in total. The van der Waals surface area contributed by atoms with Crippen molar-refractivity contribution in [1.82, 2.24) is 14.8 Å². The van der Waals surface area contributed by atoms with E-state index in [1.807, 2.05) is 18.5 Å². The number of aliphatic carboxylic acids is 1. The average molecular weight is 272 g/mol. The average Bonchev–Trinajstić information content (AvgIpc) is 2.68. The van der Waals surface area contributed by atoms with E-state index in [9.17, 15) is 4.79 Å². The van der Waals surface area contributed by atoms with E-state index in [4.69, 9.17) is 9.84 Å². The van der Waals surface area contributed by atoms with Crippen LogP contribution in [0, 0.1) is 0 Å². The number of ether oxygens (including phenoxy) is 1. The minimum atomic E-state index is -0.857. The van der Waals surface area contributed by atoms with Crippen molar-refractivity contribution in [1.29, 1.82) is 0 Å². The quantitative estimate of drug-likeness (QED) is 0.785. The Labute approximate surface area is 109 Å². The highest BCUT2D eigenvalue weighted by Gasteiger charge is 2.22. The molecule has 0 bridgehead atoms. The molecule has 0 spiro atoms. The molecule has 1 unspecified atom stereocenters. The molecule has 1 aliphatic rings. The van der Waals surface area contributed by atoms with Gasteiger partial charge >= 0.3 is 5.97 Å². The van der Waals surface area contributed by atoms with Gasteiger partial charge in [0, 0.05) is 20.1 Å². The second kappa shape index (κ2) is 5.57. The number of carboxylic acid groups (broad SMARTS) is 1. The van der Waals surface area contributed by atoms with Crippen LogP contribution in [-0.4, -0.2) is 57.4 Å². The summed E-state index contributed by atoms with van der Waals surface area (Å²) < 4.78 is 7.30. The van der Waals surface area contributed by atoms with E-state index < -0.39 is 5.97 Å². The highest BCUT2D eigenvalue weighted by atomic mass is 32.2. The molecule has 1 fully saturated rings. The van der Waals surface area contributed by atoms with E-state index in [1.54, 1.807) is 0 Å². The van der Waals surface area contributed by atoms with E-state index in [0.717, 1.165) is 19.0 Å². The largest absolute Gasteiger partial charge is 0.481 e. The summed E-state index contributed by atoms with van der Waals surface area (Å²) in [6.07, 6.45) is 0.172. The summed E-state index contributed by atoms with van der Waals surface area (Å²) in [4.78, 5) is 12.6. The van der Waals surface area contributed by atoms with Gasteiger partial charge in [-0.1, -0.05) is 11.8 Å². The van der Waals surface area contributed by atoms with Gasteiger partial charge in [0.15, 0.2) is 5.16 Å². The number of hydrogen-bond donors (Lipinski definition) is 1. The van der Waals surface area contributed by atoms with Crippen LogP contribution in [0.4, 0.5) is 5.95 Å². The van der Waals surface area contributed by atoms with Crippen molar-refractivity contribution in [3.05, 3.63) is 0 Å². The number of thioether (sulfide) groups is 1. The topological polar surface area (TPSA) is 80.5 Å². The number of hydrogen-bond acceptors (Lipinski definition) is 6. The molecule has 0 radical (unpaired) electrons. The predicted octanol–water partition coefficient (Wildman–Crippen LogP) is 0.217. The zero-order chi connectivity index (χ0) is 13.1. The molecule has 1 aliphatic heterocycles. The van der Waals surface area contributed by atoms with Crippen LogP contribution in [0.2, 0.25) is 0 Å². The fourth-order valence-corrected chi connectivity index (χ4v) is 2.46. The van der Waals surface area contributed by atoms with Crippen molar-refractivity contribution in [2.24, 2.45) is 7.05 Å². The van der Waals surface area contributed by atoms with Crippen LogP contribution >= 0.6 is 11.8 Å². The van der Waals surface area contributed by atoms with E-state index >= 15 is 0 Å². The molecule has 2 rings (SSSR count). The monoisotopic (exact) mass is 272 g/mol.